The summed E-state index contributed by atoms with van der Waals surface area (Å²) in [4.78, 5) is 23.9. The summed E-state index contributed by atoms with van der Waals surface area (Å²) in [5.74, 6) is -5.24. The highest BCUT2D eigenvalue weighted by Gasteiger charge is 2.46. The number of carboxylic acids is 1. The van der Waals surface area contributed by atoms with Crippen molar-refractivity contribution in [2.24, 2.45) is 5.41 Å². The fourth-order valence-electron chi connectivity index (χ4n) is 2.89. The minimum absolute atomic E-state index is 0.0625. The summed E-state index contributed by atoms with van der Waals surface area (Å²) in [7, 11) is -4.03. The van der Waals surface area contributed by atoms with Crippen LogP contribution in [-0.4, -0.2) is 56.3 Å². The van der Waals surface area contributed by atoms with Crippen LogP contribution in [0.3, 0.4) is 0 Å². The molecule has 1 amide bonds. The molecular formula is C15H16F3NO5S. The zero-order valence-electron chi connectivity index (χ0n) is 13.3. The molecule has 0 bridgehead atoms. The first-order chi connectivity index (χ1) is 11.5. The fraction of sp³-hybridized carbons (Fsp3) is 0.467. The van der Waals surface area contributed by atoms with Crippen molar-refractivity contribution < 1.29 is 36.3 Å². The standard InChI is InChI=1S/C15H16F3NO5S/c1-25(23,24)10-3-2-9(17)11(12(10)18)13(20)19-7-5-15(8-19,4-6-16)14(21)22/h2-3H,4-8H2,1H3,(H,21,22). The lowest BCUT2D eigenvalue weighted by Gasteiger charge is -2.23. The quantitative estimate of drug-likeness (QED) is 0.786. The highest BCUT2D eigenvalue weighted by Crippen LogP contribution is 2.36. The van der Waals surface area contributed by atoms with E-state index in [9.17, 15) is 36.3 Å². The van der Waals surface area contributed by atoms with Crippen LogP contribution in [-0.2, 0) is 14.6 Å². The molecule has 0 spiro atoms. The van der Waals surface area contributed by atoms with Gasteiger partial charge in [-0.25, -0.2) is 17.2 Å². The molecule has 1 aromatic carbocycles. The molecule has 1 atom stereocenters. The zero-order valence-corrected chi connectivity index (χ0v) is 14.1. The highest BCUT2D eigenvalue weighted by molar-refractivity contribution is 7.90. The smallest absolute Gasteiger partial charge is 0.311 e. The van der Waals surface area contributed by atoms with Crippen molar-refractivity contribution in [3.8, 4) is 0 Å². The molecule has 0 saturated carbocycles. The molecule has 25 heavy (non-hydrogen) atoms. The number of nitrogens with zero attached hydrogens (tertiary/aromatic N) is 1. The molecule has 0 aromatic heterocycles. The van der Waals surface area contributed by atoms with Crippen LogP contribution in [0.15, 0.2) is 17.0 Å². The van der Waals surface area contributed by atoms with Gasteiger partial charge in [-0.05, 0) is 25.0 Å². The summed E-state index contributed by atoms with van der Waals surface area (Å²) in [6.45, 7) is -1.46. The van der Waals surface area contributed by atoms with Gasteiger partial charge in [0.2, 0.25) is 0 Å². The first-order valence-electron chi connectivity index (χ1n) is 7.30. The van der Waals surface area contributed by atoms with Gasteiger partial charge >= 0.3 is 5.97 Å². The molecule has 1 N–H and O–H groups in total. The number of halogens is 3. The molecule has 2 rings (SSSR count). The first-order valence-corrected chi connectivity index (χ1v) is 9.19. The van der Waals surface area contributed by atoms with Crippen molar-refractivity contribution in [1.29, 1.82) is 0 Å². The van der Waals surface area contributed by atoms with Gasteiger partial charge in [0, 0.05) is 19.3 Å². The van der Waals surface area contributed by atoms with Gasteiger partial charge in [0.25, 0.3) is 5.91 Å². The van der Waals surface area contributed by atoms with Crippen LogP contribution in [0, 0.1) is 17.0 Å². The largest absolute Gasteiger partial charge is 0.481 e. The summed E-state index contributed by atoms with van der Waals surface area (Å²) >= 11 is 0. The Labute approximate surface area is 142 Å². The molecule has 0 aliphatic carbocycles. The Morgan fingerprint density at radius 2 is 1.96 bits per heavy atom. The molecular weight excluding hydrogens is 363 g/mol. The predicted octanol–water partition coefficient (Wildman–Crippen LogP) is 1.64. The maximum atomic E-state index is 14.4. The van der Waals surface area contributed by atoms with Crippen molar-refractivity contribution in [3.63, 3.8) is 0 Å². The van der Waals surface area contributed by atoms with Gasteiger partial charge in [-0.15, -0.1) is 0 Å². The summed E-state index contributed by atoms with van der Waals surface area (Å²) in [6, 6.07) is 1.38. The molecule has 6 nitrogen and oxygen atoms in total. The van der Waals surface area contributed by atoms with E-state index in [1.807, 2.05) is 0 Å². The number of amides is 1. The topological polar surface area (TPSA) is 91.8 Å². The van der Waals surface area contributed by atoms with Crippen molar-refractivity contribution in [1.82, 2.24) is 4.90 Å². The van der Waals surface area contributed by atoms with E-state index in [-0.39, 0.29) is 19.4 Å². The number of hydrogen-bond acceptors (Lipinski definition) is 4. The Bertz CT molecular complexity index is 827. The molecule has 138 valence electrons. The van der Waals surface area contributed by atoms with Crippen LogP contribution < -0.4 is 0 Å². The fourth-order valence-corrected chi connectivity index (χ4v) is 3.63. The number of sulfone groups is 1. The highest BCUT2D eigenvalue weighted by atomic mass is 32.2. The van der Waals surface area contributed by atoms with E-state index in [2.05, 4.69) is 0 Å². The van der Waals surface area contributed by atoms with E-state index in [0.717, 1.165) is 4.90 Å². The number of carbonyl (C=O) groups excluding carboxylic acids is 1. The van der Waals surface area contributed by atoms with Crippen molar-refractivity contribution >= 4 is 21.7 Å². The lowest BCUT2D eigenvalue weighted by atomic mass is 9.84. The van der Waals surface area contributed by atoms with E-state index >= 15 is 0 Å². The van der Waals surface area contributed by atoms with Gasteiger partial charge in [-0.1, -0.05) is 0 Å². The number of carbonyl (C=O) groups is 2. The average Bonchev–Trinajstić information content (AvgIpc) is 2.91. The number of carboxylic acid groups (broad SMARTS) is 1. The minimum atomic E-state index is -4.03. The normalized spacial score (nSPS) is 20.7. The molecule has 10 heteroatoms. The van der Waals surface area contributed by atoms with E-state index < -0.39 is 62.4 Å². The SMILES string of the molecule is CS(=O)(=O)c1ccc(F)c(C(=O)N2CCC(CCF)(C(=O)O)C2)c1F. The third-order valence-corrected chi connectivity index (χ3v) is 5.45. The lowest BCUT2D eigenvalue weighted by Crippen LogP contribution is -2.38. The Morgan fingerprint density at radius 3 is 2.48 bits per heavy atom. The second-order valence-electron chi connectivity index (χ2n) is 6.01. The second kappa shape index (κ2) is 6.66. The monoisotopic (exact) mass is 379 g/mol. The van der Waals surface area contributed by atoms with Gasteiger partial charge in [-0.2, -0.15) is 0 Å². The van der Waals surface area contributed by atoms with E-state index in [4.69, 9.17) is 0 Å². The molecule has 1 aliphatic heterocycles. The van der Waals surface area contributed by atoms with E-state index in [1.54, 1.807) is 0 Å². The minimum Gasteiger partial charge on any atom is -0.481 e. The number of benzene rings is 1. The summed E-state index contributed by atoms with van der Waals surface area (Å²) in [5.41, 5.74) is -2.59. The van der Waals surface area contributed by atoms with E-state index in [0.29, 0.717) is 18.4 Å². The van der Waals surface area contributed by atoms with Crippen LogP contribution in [0.4, 0.5) is 13.2 Å². The Morgan fingerprint density at radius 1 is 1.32 bits per heavy atom. The van der Waals surface area contributed by atoms with Gasteiger partial charge < -0.3 is 10.0 Å². The van der Waals surface area contributed by atoms with Crippen molar-refractivity contribution in [2.45, 2.75) is 17.7 Å². The van der Waals surface area contributed by atoms with E-state index in [1.165, 1.54) is 0 Å². The maximum absolute atomic E-state index is 14.4. The number of likely N-dealkylation sites (tertiary alicyclic amines) is 1. The van der Waals surface area contributed by atoms with Gasteiger partial charge in [0.1, 0.15) is 16.3 Å². The number of aliphatic carboxylic acids is 1. The number of rotatable bonds is 5. The molecule has 0 radical (unpaired) electrons. The van der Waals surface area contributed by atoms with Gasteiger partial charge in [0.05, 0.1) is 12.1 Å². The average molecular weight is 379 g/mol. The van der Waals surface area contributed by atoms with Crippen LogP contribution in [0.1, 0.15) is 23.2 Å². The van der Waals surface area contributed by atoms with Crippen LogP contribution >= 0.6 is 0 Å². The third-order valence-electron chi connectivity index (χ3n) is 4.34. The summed E-state index contributed by atoms with van der Waals surface area (Å²) < 4.78 is 64.1. The zero-order chi connectivity index (χ0) is 19.0. The Hall–Kier alpha value is -2.10. The molecule has 1 unspecified atom stereocenters. The molecule has 1 saturated heterocycles. The maximum Gasteiger partial charge on any atom is 0.311 e. The van der Waals surface area contributed by atoms with Gasteiger partial charge in [-0.3, -0.25) is 14.0 Å². The van der Waals surface area contributed by atoms with Crippen LogP contribution in [0.2, 0.25) is 0 Å². The molecule has 1 fully saturated rings. The molecule has 1 aromatic rings. The summed E-state index contributed by atoms with van der Waals surface area (Å²) in [6.07, 6.45) is 0.317. The number of hydrogen-bond donors (Lipinski definition) is 1. The molecule has 1 aliphatic rings. The van der Waals surface area contributed by atoms with Gasteiger partial charge in [0.15, 0.2) is 15.7 Å². The Balaban J connectivity index is 2.41. The summed E-state index contributed by atoms with van der Waals surface area (Å²) in [5, 5.41) is 9.29. The van der Waals surface area contributed by atoms with Crippen LogP contribution in [0.5, 0.6) is 0 Å². The first kappa shape index (κ1) is 19.2. The van der Waals surface area contributed by atoms with Crippen molar-refractivity contribution in [3.05, 3.63) is 29.3 Å². The third kappa shape index (κ3) is 3.48. The number of alkyl halides is 1. The predicted molar refractivity (Wildman–Crippen MR) is 80.6 cm³/mol. The van der Waals surface area contributed by atoms with Crippen molar-refractivity contribution in [2.75, 3.05) is 26.0 Å². The lowest BCUT2D eigenvalue weighted by molar-refractivity contribution is -0.148. The van der Waals surface area contributed by atoms with Crippen LogP contribution in [0.25, 0.3) is 0 Å². The Kier molecular flexibility index (Phi) is 5.12. The second-order valence-corrected chi connectivity index (χ2v) is 7.99. The molecule has 1 heterocycles.